The van der Waals surface area contributed by atoms with Crippen molar-refractivity contribution < 1.29 is 36.5 Å². The molecule has 0 atom stereocenters. The van der Waals surface area contributed by atoms with Crippen LogP contribution in [0.25, 0.3) is 11.2 Å². The first-order valence-electron chi connectivity index (χ1n) is 5.32. The molecule has 5 nitrogen and oxygen atoms in total. The van der Waals surface area contributed by atoms with Crippen molar-refractivity contribution in [2.75, 3.05) is 5.73 Å². The minimum absolute atomic E-state index is 0. The minimum atomic E-state index is 0. The predicted molar refractivity (Wildman–Crippen MR) is 65.3 cm³/mol. The Labute approximate surface area is 133 Å². The van der Waals surface area contributed by atoms with Gasteiger partial charge in [-0.15, -0.1) is 0 Å². The Morgan fingerprint density at radius 1 is 1.11 bits per heavy atom. The van der Waals surface area contributed by atoms with Crippen molar-refractivity contribution in [1.82, 2.24) is 19.9 Å². The second kappa shape index (κ2) is 6.76. The molecule has 3 aromatic rings. The first kappa shape index (κ1) is 15.8. The number of hydrogen-bond donors (Lipinski definition) is 2. The zero-order valence-corrected chi connectivity index (χ0v) is 14.3. The number of fused-ring (bicyclic) bond motifs is 1. The van der Waals surface area contributed by atoms with Gasteiger partial charge < -0.3 is 10.7 Å². The van der Waals surface area contributed by atoms with E-state index in [1.807, 2.05) is 18.2 Å². The van der Waals surface area contributed by atoms with Crippen molar-refractivity contribution >= 4 is 17.1 Å². The molecule has 93 valence electrons. The summed E-state index contributed by atoms with van der Waals surface area (Å²) in [5.41, 5.74) is 8.14. The smallest absolute Gasteiger partial charge is 0.222 e. The third kappa shape index (κ3) is 3.60. The van der Waals surface area contributed by atoms with Gasteiger partial charge in [0.2, 0.25) is 5.95 Å². The largest absolute Gasteiger partial charge is 0.368 e. The van der Waals surface area contributed by atoms with Crippen LogP contribution < -0.4 is 5.73 Å². The number of nitrogen functional groups attached to an aromatic ring is 1. The number of H-pyrrole nitrogens is 1. The minimum Gasteiger partial charge on any atom is -0.368 e. The zero-order chi connectivity index (χ0) is 11.7. The van der Waals surface area contributed by atoms with Crippen molar-refractivity contribution in [1.29, 1.82) is 0 Å². The molecule has 0 fully saturated rings. The molecule has 1 aromatic carbocycles. The summed E-state index contributed by atoms with van der Waals surface area (Å²) in [5.74, 6) is 1.11. The van der Waals surface area contributed by atoms with Crippen LogP contribution in [-0.4, -0.2) is 19.9 Å². The molecule has 0 unspecified atom stereocenters. The molecule has 1 radical (unpaired) electrons. The molecule has 0 saturated carbocycles. The first-order valence-corrected chi connectivity index (χ1v) is 5.32. The SMILES string of the molecule is Nc1ncc2[nH]c(Cc3ccccc3)nc2n1.[Mn].[Zn]. The molecule has 0 bridgehead atoms. The molecule has 3 rings (SSSR count). The number of nitrogens with zero attached hydrogens (tertiary/aromatic N) is 3. The monoisotopic (exact) mass is 344 g/mol. The van der Waals surface area contributed by atoms with E-state index in [4.69, 9.17) is 5.73 Å². The van der Waals surface area contributed by atoms with Crippen LogP contribution in [0.5, 0.6) is 0 Å². The van der Waals surface area contributed by atoms with E-state index in [0.717, 1.165) is 17.8 Å². The van der Waals surface area contributed by atoms with Gasteiger partial charge in [0.15, 0.2) is 5.65 Å². The molecule has 0 spiro atoms. The van der Waals surface area contributed by atoms with Crippen molar-refractivity contribution in [3.63, 3.8) is 0 Å². The van der Waals surface area contributed by atoms with Crippen molar-refractivity contribution in [3.8, 4) is 0 Å². The molecule has 3 N–H and O–H groups in total. The Morgan fingerprint density at radius 2 is 1.84 bits per heavy atom. The molecule has 19 heavy (non-hydrogen) atoms. The number of hydrogen-bond acceptors (Lipinski definition) is 4. The average molecular weight is 346 g/mol. The Balaban J connectivity index is 0.000000902. The fourth-order valence-electron chi connectivity index (χ4n) is 1.74. The number of nitrogens with two attached hydrogens (primary N) is 1. The van der Waals surface area contributed by atoms with Gasteiger partial charge in [0.25, 0.3) is 0 Å². The van der Waals surface area contributed by atoms with Crippen molar-refractivity contribution in [2.24, 2.45) is 0 Å². The summed E-state index contributed by atoms with van der Waals surface area (Å²) in [5, 5.41) is 0. The zero-order valence-electron chi connectivity index (χ0n) is 10.2. The summed E-state index contributed by atoms with van der Waals surface area (Å²) < 4.78 is 0. The number of nitrogens with one attached hydrogen (secondary N) is 1. The van der Waals surface area contributed by atoms with Crippen molar-refractivity contribution in [3.05, 3.63) is 47.9 Å². The molecular weight excluding hydrogens is 334 g/mol. The third-order valence-corrected chi connectivity index (χ3v) is 2.52. The molecule has 2 aromatic heterocycles. The van der Waals surface area contributed by atoms with E-state index < -0.39 is 0 Å². The second-order valence-electron chi connectivity index (χ2n) is 3.81. The van der Waals surface area contributed by atoms with E-state index in [9.17, 15) is 0 Å². The molecule has 2 heterocycles. The van der Waals surface area contributed by atoms with Crippen LogP contribution in [0.4, 0.5) is 5.95 Å². The average Bonchev–Trinajstić information content (AvgIpc) is 2.71. The van der Waals surface area contributed by atoms with Gasteiger partial charge in [0.05, 0.1) is 6.20 Å². The Kier molecular flexibility index (Phi) is 5.61. The van der Waals surface area contributed by atoms with E-state index >= 15 is 0 Å². The number of anilines is 1. The molecular formula is C12H11MnN5Zn. The Bertz CT molecular complexity index is 656. The van der Waals surface area contributed by atoms with Gasteiger partial charge in [-0.25, -0.2) is 9.97 Å². The van der Waals surface area contributed by atoms with Crippen LogP contribution in [-0.2, 0) is 43.0 Å². The van der Waals surface area contributed by atoms with Gasteiger partial charge in [0.1, 0.15) is 11.3 Å². The number of imidazole rings is 1. The summed E-state index contributed by atoms with van der Waals surface area (Å²) in [4.78, 5) is 15.5. The molecule has 0 aliphatic rings. The molecule has 0 aliphatic heterocycles. The summed E-state index contributed by atoms with van der Waals surface area (Å²) in [6.07, 6.45) is 2.40. The van der Waals surface area contributed by atoms with Crippen LogP contribution >= 0.6 is 0 Å². The van der Waals surface area contributed by atoms with Crippen LogP contribution in [0.1, 0.15) is 11.4 Å². The van der Waals surface area contributed by atoms with Gasteiger partial charge >= 0.3 is 0 Å². The Morgan fingerprint density at radius 3 is 2.58 bits per heavy atom. The second-order valence-corrected chi connectivity index (χ2v) is 3.81. The number of aromatic amines is 1. The molecule has 0 saturated heterocycles. The summed E-state index contributed by atoms with van der Waals surface area (Å²) in [6, 6.07) is 10.1. The van der Waals surface area contributed by atoms with Gasteiger partial charge in [-0.3, -0.25) is 0 Å². The summed E-state index contributed by atoms with van der Waals surface area (Å²) >= 11 is 0. The summed E-state index contributed by atoms with van der Waals surface area (Å²) in [6.45, 7) is 0. The van der Waals surface area contributed by atoms with Crippen molar-refractivity contribution in [2.45, 2.75) is 6.42 Å². The van der Waals surface area contributed by atoms with Crippen LogP contribution in [0.2, 0.25) is 0 Å². The van der Waals surface area contributed by atoms with Crippen LogP contribution in [0, 0.1) is 0 Å². The quantitative estimate of drug-likeness (QED) is 0.690. The number of rotatable bonds is 2. The van der Waals surface area contributed by atoms with Gasteiger partial charge in [-0.1, -0.05) is 30.3 Å². The van der Waals surface area contributed by atoms with E-state index in [1.165, 1.54) is 5.56 Å². The van der Waals surface area contributed by atoms with E-state index in [1.54, 1.807) is 6.20 Å². The maximum atomic E-state index is 5.51. The van der Waals surface area contributed by atoms with E-state index in [2.05, 4.69) is 32.1 Å². The fraction of sp³-hybridized carbons (Fsp3) is 0.0833. The standard InChI is InChI=1S/C12H11N5.Mn.Zn/c13-12-14-7-9-11(17-12)16-10(15-9)6-8-4-2-1-3-5-8;;/h1-5,7H,6H2,(H3,13,14,15,16,17);;. The molecule has 7 heteroatoms. The number of aromatic nitrogens is 4. The van der Waals surface area contributed by atoms with Gasteiger partial charge in [-0.05, 0) is 5.56 Å². The maximum Gasteiger partial charge on any atom is 0.222 e. The predicted octanol–water partition coefficient (Wildman–Crippen LogP) is 1.52. The Hall–Kier alpha value is -1.29. The first-order chi connectivity index (χ1) is 8.31. The van der Waals surface area contributed by atoms with E-state index in [0.29, 0.717) is 5.65 Å². The maximum absolute atomic E-state index is 5.51. The van der Waals surface area contributed by atoms with E-state index in [-0.39, 0.29) is 42.5 Å². The number of benzene rings is 1. The topological polar surface area (TPSA) is 80.5 Å². The fourth-order valence-corrected chi connectivity index (χ4v) is 1.74. The molecule has 0 aliphatic carbocycles. The van der Waals surface area contributed by atoms with Gasteiger partial charge in [0, 0.05) is 43.0 Å². The van der Waals surface area contributed by atoms with Gasteiger partial charge in [-0.2, -0.15) is 4.98 Å². The summed E-state index contributed by atoms with van der Waals surface area (Å²) in [7, 11) is 0. The van der Waals surface area contributed by atoms with Crippen LogP contribution in [0.3, 0.4) is 0 Å². The molecule has 0 amide bonds. The normalized spacial score (nSPS) is 9.68. The van der Waals surface area contributed by atoms with Crippen LogP contribution in [0.15, 0.2) is 36.5 Å². The third-order valence-electron chi connectivity index (χ3n) is 2.52.